The summed E-state index contributed by atoms with van der Waals surface area (Å²) in [6.45, 7) is 3.95. The van der Waals surface area contributed by atoms with Crippen molar-refractivity contribution in [2.24, 2.45) is 0 Å². The normalized spacial score (nSPS) is 11.3. The van der Waals surface area contributed by atoms with Crippen molar-refractivity contribution in [1.82, 2.24) is 4.98 Å². The van der Waals surface area contributed by atoms with Crippen LogP contribution < -0.4 is 5.32 Å². The third kappa shape index (κ3) is 3.67. The SMILES string of the molecule is Cc1ccc2oc(-c3ccc(C)c(NC(=O)/C=C/c4ccco4)c3)nc2c1. The predicted molar refractivity (Wildman–Crippen MR) is 105 cm³/mol. The quantitative estimate of drug-likeness (QED) is 0.499. The van der Waals surface area contributed by atoms with Crippen LogP contribution in [0.4, 0.5) is 5.69 Å². The van der Waals surface area contributed by atoms with Crippen LogP contribution in [0.5, 0.6) is 0 Å². The summed E-state index contributed by atoms with van der Waals surface area (Å²) in [7, 11) is 0. The van der Waals surface area contributed by atoms with Crippen molar-refractivity contribution in [1.29, 1.82) is 0 Å². The summed E-state index contributed by atoms with van der Waals surface area (Å²) >= 11 is 0. The number of fused-ring (bicyclic) bond motifs is 1. The number of nitrogens with one attached hydrogen (secondary N) is 1. The second-order valence-corrected chi connectivity index (χ2v) is 6.36. The topological polar surface area (TPSA) is 68.3 Å². The zero-order valence-electron chi connectivity index (χ0n) is 15.0. The van der Waals surface area contributed by atoms with Gasteiger partial charge in [0.25, 0.3) is 0 Å². The van der Waals surface area contributed by atoms with Crippen LogP contribution in [-0.2, 0) is 4.79 Å². The van der Waals surface area contributed by atoms with Gasteiger partial charge >= 0.3 is 0 Å². The maximum absolute atomic E-state index is 12.2. The molecule has 0 atom stereocenters. The van der Waals surface area contributed by atoms with E-state index in [0.29, 0.717) is 17.3 Å². The molecule has 4 aromatic rings. The van der Waals surface area contributed by atoms with Gasteiger partial charge in [-0.05, 0) is 67.4 Å². The largest absolute Gasteiger partial charge is 0.465 e. The van der Waals surface area contributed by atoms with E-state index in [4.69, 9.17) is 8.83 Å². The van der Waals surface area contributed by atoms with Crippen molar-refractivity contribution in [2.75, 3.05) is 5.32 Å². The van der Waals surface area contributed by atoms with Gasteiger partial charge in [0.1, 0.15) is 11.3 Å². The molecule has 134 valence electrons. The van der Waals surface area contributed by atoms with E-state index in [-0.39, 0.29) is 5.91 Å². The fraction of sp³-hybridized carbons (Fsp3) is 0.0909. The fourth-order valence-corrected chi connectivity index (χ4v) is 2.77. The van der Waals surface area contributed by atoms with Crippen molar-refractivity contribution in [3.63, 3.8) is 0 Å². The summed E-state index contributed by atoms with van der Waals surface area (Å²) in [6, 6.07) is 15.2. The minimum Gasteiger partial charge on any atom is -0.465 e. The molecule has 0 radical (unpaired) electrons. The number of anilines is 1. The lowest BCUT2D eigenvalue weighted by atomic mass is 10.1. The number of nitrogens with zero attached hydrogens (tertiary/aromatic N) is 1. The van der Waals surface area contributed by atoms with Crippen molar-refractivity contribution in [3.8, 4) is 11.5 Å². The maximum Gasteiger partial charge on any atom is 0.248 e. The van der Waals surface area contributed by atoms with Crippen LogP contribution >= 0.6 is 0 Å². The standard InChI is InChI=1S/C22H18N2O3/c1-14-5-9-20-19(12-14)24-22(27-20)16-7-6-15(2)18(13-16)23-21(25)10-8-17-4-3-11-26-17/h3-13H,1-2H3,(H,23,25)/b10-8+. The Morgan fingerprint density at radius 1 is 1.11 bits per heavy atom. The number of furan rings is 1. The first-order valence-electron chi connectivity index (χ1n) is 8.59. The van der Waals surface area contributed by atoms with Gasteiger partial charge in [0.2, 0.25) is 11.8 Å². The van der Waals surface area contributed by atoms with Gasteiger partial charge in [0.05, 0.1) is 6.26 Å². The monoisotopic (exact) mass is 358 g/mol. The molecule has 5 heteroatoms. The molecule has 5 nitrogen and oxygen atoms in total. The van der Waals surface area contributed by atoms with Gasteiger partial charge in [0.15, 0.2) is 5.58 Å². The second-order valence-electron chi connectivity index (χ2n) is 6.36. The molecule has 0 spiro atoms. The Balaban J connectivity index is 1.59. The van der Waals surface area contributed by atoms with Gasteiger partial charge in [-0.25, -0.2) is 4.98 Å². The van der Waals surface area contributed by atoms with Crippen LogP contribution in [0.2, 0.25) is 0 Å². The van der Waals surface area contributed by atoms with E-state index in [0.717, 1.165) is 27.8 Å². The average molecular weight is 358 g/mol. The van der Waals surface area contributed by atoms with Crippen molar-refractivity contribution in [2.45, 2.75) is 13.8 Å². The molecule has 1 amide bonds. The maximum atomic E-state index is 12.2. The van der Waals surface area contributed by atoms with E-state index in [2.05, 4.69) is 10.3 Å². The minimum absolute atomic E-state index is 0.236. The molecule has 2 aromatic heterocycles. The summed E-state index contributed by atoms with van der Waals surface area (Å²) in [5, 5.41) is 2.89. The highest BCUT2D eigenvalue weighted by Gasteiger charge is 2.11. The minimum atomic E-state index is -0.236. The van der Waals surface area contributed by atoms with Gasteiger partial charge in [-0.2, -0.15) is 0 Å². The van der Waals surface area contributed by atoms with Gasteiger partial charge < -0.3 is 14.2 Å². The Bertz CT molecular complexity index is 1140. The lowest BCUT2D eigenvalue weighted by Crippen LogP contribution is -2.09. The third-order valence-electron chi connectivity index (χ3n) is 4.23. The van der Waals surface area contributed by atoms with E-state index in [1.165, 1.54) is 6.08 Å². The molecule has 27 heavy (non-hydrogen) atoms. The molecule has 4 rings (SSSR count). The summed E-state index contributed by atoms with van der Waals surface area (Å²) in [5.74, 6) is 0.912. The second kappa shape index (κ2) is 6.96. The molecular formula is C22H18N2O3. The molecule has 0 unspecified atom stereocenters. The molecule has 0 aliphatic carbocycles. The number of rotatable bonds is 4. The Morgan fingerprint density at radius 2 is 2.00 bits per heavy atom. The van der Waals surface area contributed by atoms with Crippen LogP contribution in [-0.4, -0.2) is 10.9 Å². The molecular weight excluding hydrogens is 340 g/mol. The number of hydrogen-bond acceptors (Lipinski definition) is 4. The van der Waals surface area contributed by atoms with Crippen LogP contribution in [0.15, 0.2) is 69.7 Å². The number of carbonyl (C=O) groups is 1. The van der Waals surface area contributed by atoms with Crippen LogP contribution in [0.25, 0.3) is 28.6 Å². The van der Waals surface area contributed by atoms with Gasteiger partial charge in [0, 0.05) is 17.3 Å². The number of hydrogen-bond donors (Lipinski definition) is 1. The Morgan fingerprint density at radius 3 is 2.81 bits per heavy atom. The molecule has 2 aromatic carbocycles. The molecule has 1 N–H and O–H groups in total. The van der Waals surface area contributed by atoms with Crippen molar-refractivity contribution < 1.29 is 13.6 Å². The lowest BCUT2D eigenvalue weighted by molar-refractivity contribution is -0.111. The highest BCUT2D eigenvalue weighted by Crippen LogP contribution is 2.28. The molecule has 0 aliphatic rings. The van der Waals surface area contributed by atoms with Crippen molar-refractivity contribution in [3.05, 3.63) is 77.8 Å². The first kappa shape index (κ1) is 16.8. The summed E-state index contributed by atoms with van der Waals surface area (Å²) in [4.78, 5) is 16.8. The van der Waals surface area contributed by atoms with Crippen LogP contribution in [0.3, 0.4) is 0 Å². The number of benzene rings is 2. The number of aromatic nitrogens is 1. The van der Waals surface area contributed by atoms with E-state index in [1.807, 2.05) is 50.2 Å². The Kier molecular flexibility index (Phi) is 4.34. The molecule has 0 fully saturated rings. The zero-order valence-corrected chi connectivity index (χ0v) is 15.0. The van der Waals surface area contributed by atoms with E-state index in [9.17, 15) is 4.79 Å². The first-order valence-corrected chi connectivity index (χ1v) is 8.59. The fourth-order valence-electron chi connectivity index (χ4n) is 2.77. The number of carbonyl (C=O) groups excluding carboxylic acids is 1. The number of aryl methyl sites for hydroxylation is 2. The first-order chi connectivity index (χ1) is 13.1. The third-order valence-corrected chi connectivity index (χ3v) is 4.23. The Labute approximate surface area is 156 Å². The lowest BCUT2D eigenvalue weighted by Gasteiger charge is -2.07. The summed E-state index contributed by atoms with van der Waals surface area (Å²) < 4.78 is 11.0. The summed E-state index contributed by atoms with van der Waals surface area (Å²) in [5.41, 5.74) is 5.15. The zero-order chi connectivity index (χ0) is 18.8. The van der Waals surface area contributed by atoms with Crippen molar-refractivity contribution >= 4 is 28.8 Å². The Hall–Kier alpha value is -3.60. The van der Waals surface area contributed by atoms with Crippen LogP contribution in [0, 0.1) is 13.8 Å². The van der Waals surface area contributed by atoms with Gasteiger partial charge in [-0.3, -0.25) is 4.79 Å². The average Bonchev–Trinajstić information content (AvgIpc) is 3.31. The van der Waals surface area contributed by atoms with Gasteiger partial charge in [-0.1, -0.05) is 12.1 Å². The molecule has 2 heterocycles. The number of amides is 1. The smallest absolute Gasteiger partial charge is 0.248 e. The van der Waals surface area contributed by atoms with E-state index >= 15 is 0 Å². The highest BCUT2D eigenvalue weighted by molar-refractivity contribution is 6.02. The predicted octanol–water partition coefficient (Wildman–Crippen LogP) is 5.36. The molecule has 0 aliphatic heterocycles. The van der Waals surface area contributed by atoms with E-state index < -0.39 is 0 Å². The van der Waals surface area contributed by atoms with E-state index in [1.54, 1.807) is 24.5 Å². The molecule has 0 saturated carbocycles. The molecule has 0 bridgehead atoms. The molecule has 0 saturated heterocycles. The summed E-state index contributed by atoms with van der Waals surface area (Å²) in [6.07, 6.45) is 4.62. The highest BCUT2D eigenvalue weighted by atomic mass is 16.3. The number of oxazole rings is 1. The van der Waals surface area contributed by atoms with Crippen LogP contribution in [0.1, 0.15) is 16.9 Å². The van der Waals surface area contributed by atoms with Gasteiger partial charge in [-0.15, -0.1) is 0 Å².